The van der Waals surface area contributed by atoms with Crippen LogP contribution in [0.2, 0.25) is 0 Å². The van der Waals surface area contributed by atoms with Crippen LogP contribution in [0.1, 0.15) is 12.8 Å². The van der Waals surface area contributed by atoms with Crippen molar-refractivity contribution in [3.8, 4) is 0 Å². The van der Waals surface area contributed by atoms with E-state index in [2.05, 4.69) is 10.2 Å². The number of benzene rings is 1. The number of anilines is 1. The quantitative estimate of drug-likeness (QED) is 0.856. The van der Waals surface area contributed by atoms with Gasteiger partial charge in [-0.3, -0.25) is 9.59 Å². The lowest BCUT2D eigenvalue weighted by Gasteiger charge is -2.25. The molecule has 24 heavy (non-hydrogen) atoms. The van der Waals surface area contributed by atoms with Crippen LogP contribution >= 0.6 is 0 Å². The average Bonchev–Trinajstić information content (AvgIpc) is 2.78. The van der Waals surface area contributed by atoms with E-state index in [1.165, 1.54) is 0 Å². The number of ether oxygens (including phenoxy) is 1. The summed E-state index contributed by atoms with van der Waals surface area (Å²) in [5, 5.41) is 2.81. The Kier molecular flexibility index (Phi) is 7.21. The first kappa shape index (κ1) is 18.4. The first-order valence-electron chi connectivity index (χ1n) is 8.39. The van der Waals surface area contributed by atoms with Crippen molar-refractivity contribution in [1.29, 1.82) is 0 Å². The summed E-state index contributed by atoms with van der Waals surface area (Å²) in [6.45, 7) is 3.42. The van der Waals surface area contributed by atoms with E-state index < -0.39 is 0 Å². The Morgan fingerprint density at radius 3 is 2.71 bits per heavy atom. The maximum atomic E-state index is 12.4. The van der Waals surface area contributed by atoms with Gasteiger partial charge < -0.3 is 19.9 Å². The lowest BCUT2D eigenvalue weighted by molar-refractivity contribution is -0.133. The molecule has 0 radical (unpaired) electrons. The highest BCUT2D eigenvalue weighted by Crippen LogP contribution is 2.11. The molecule has 1 heterocycles. The van der Waals surface area contributed by atoms with Gasteiger partial charge in [-0.15, -0.1) is 0 Å². The molecule has 1 N–H and O–H groups in total. The number of rotatable bonds is 6. The minimum Gasteiger partial charge on any atom is -0.379 e. The summed E-state index contributed by atoms with van der Waals surface area (Å²) < 4.78 is 5.59. The molecular formula is C18H27N3O3. The van der Waals surface area contributed by atoms with Gasteiger partial charge in [0.2, 0.25) is 11.8 Å². The number of carbonyl (C=O) groups excluding carboxylic acids is 2. The zero-order valence-corrected chi connectivity index (χ0v) is 14.5. The van der Waals surface area contributed by atoms with Gasteiger partial charge in [-0.1, -0.05) is 18.2 Å². The molecule has 1 aromatic rings. The van der Waals surface area contributed by atoms with E-state index in [1.807, 2.05) is 49.3 Å². The normalized spacial score (nSPS) is 18.3. The Balaban J connectivity index is 1.79. The van der Waals surface area contributed by atoms with E-state index in [0.29, 0.717) is 32.2 Å². The van der Waals surface area contributed by atoms with Crippen LogP contribution in [0, 0.1) is 5.92 Å². The van der Waals surface area contributed by atoms with Gasteiger partial charge in [-0.25, -0.2) is 0 Å². The maximum Gasteiger partial charge on any atom is 0.224 e. The van der Waals surface area contributed by atoms with Crippen LogP contribution in [0.4, 0.5) is 5.69 Å². The highest BCUT2D eigenvalue weighted by atomic mass is 16.5. The minimum atomic E-state index is -0.134. The van der Waals surface area contributed by atoms with Crippen LogP contribution in [-0.4, -0.2) is 68.6 Å². The van der Waals surface area contributed by atoms with Gasteiger partial charge in [0, 0.05) is 44.1 Å². The third-order valence-electron chi connectivity index (χ3n) is 3.94. The third kappa shape index (κ3) is 6.29. The van der Waals surface area contributed by atoms with Gasteiger partial charge >= 0.3 is 0 Å². The molecule has 132 valence electrons. The second-order valence-electron chi connectivity index (χ2n) is 6.46. The molecule has 1 saturated heterocycles. The van der Waals surface area contributed by atoms with Crippen LogP contribution in [0.3, 0.4) is 0 Å². The number of hydrogen-bond acceptors (Lipinski definition) is 4. The number of carbonyl (C=O) groups is 2. The number of nitrogens with one attached hydrogen (secondary N) is 1. The monoisotopic (exact) mass is 333 g/mol. The summed E-state index contributed by atoms with van der Waals surface area (Å²) in [4.78, 5) is 28.3. The number of amides is 2. The molecule has 1 aliphatic rings. The molecule has 1 aromatic carbocycles. The second kappa shape index (κ2) is 9.39. The van der Waals surface area contributed by atoms with Gasteiger partial charge in [0.05, 0.1) is 13.2 Å². The largest absolute Gasteiger partial charge is 0.379 e. The average molecular weight is 333 g/mol. The van der Waals surface area contributed by atoms with Crippen molar-refractivity contribution in [2.24, 2.45) is 5.92 Å². The van der Waals surface area contributed by atoms with Gasteiger partial charge in [0.1, 0.15) is 0 Å². The Hall–Kier alpha value is -1.92. The summed E-state index contributed by atoms with van der Waals surface area (Å²) in [5.74, 6) is 0.197. The van der Waals surface area contributed by atoms with Crippen molar-refractivity contribution in [3.05, 3.63) is 30.3 Å². The minimum absolute atomic E-state index is 0.0208. The van der Waals surface area contributed by atoms with E-state index in [0.717, 1.165) is 12.2 Å². The van der Waals surface area contributed by atoms with Gasteiger partial charge in [-0.2, -0.15) is 0 Å². The van der Waals surface area contributed by atoms with E-state index >= 15 is 0 Å². The highest BCUT2D eigenvalue weighted by Gasteiger charge is 2.23. The first-order valence-corrected chi connectivity index (χ1v) is 8.39. The first-order chi connectivity index (χ1) is 11.5. The van der Waals surface area contributed by atoms with E-state index in [4.69, 9.17) is 4.74 Å². The highest BCUT2D eigenvalue weighted by molar-refractivity contribution is 5.93. The second-order valence-corrected chi connectivity index (χ2v) is 6.46. The molecule has 2 amide bonds. The van der Waals surface area contributed by atoms with Crippen LogP contribution < -0.4 is 5.32 Å². The molecular weight excluding hydrogens is 306 g/mol. The van der Waals surface area contributed by atoms with Crippen LogP contribution in [0.25, 0.3) is 0 Å². The zero-order chi connectivity index (χ0) is 17.4. The Morgan fingerprint density at radius 2 is 2.00 bits per heavy atom. The van der Waals surface area contributed by atoms with Crippen molar-refractivity contribution in [2.75, 3.05) is 52.3 Å². The predicted octanol–water partition coefficient (Wildman–Crippen LogP) is 1.44. The maximum absolute atomic E-state index is 12.4. The molecule has 1 aliphatic heterocycles. The molecule has 0 spiro atoms. The summed E-state index contributed by atoms with van der Waals surface area (Å²) in [6.07, 6.45) is 0.427. The van der Waals surface area contributed by atoms with Crippen molar-refractivity contribution in [1.82, 2.24) is 9.80 Å². The van der Waals surface area contributed by atoms with Crippen molar-refractivity contribution in [2.45, 2.75) is 12.8 Å². The molecule has 0 unspecified atom stereocenters. The van der Waals surface area contributed by atoms with Crippen molar-refractivity contribution >= 4 is 17.5 Å². The molecule has 2 rings (SSSR count). The van der Waals surface area contributed by atoms with E-state index in [1.54, 1.807) is 0 Å². The van der Waals surface area contributed by atoms with Crippen LogP contribution in [0.15, 0.2) is 30.3 Å². The summed E-state index contributed by atoms with van der Waals surface area (Å²) in [5.41, 5.74) is 0.754. The smallest absolute Gasteiger partial charge is 0.224 e. The van der Waals surface area contributed by atoms with Gasteiger partial charge in [0.15, 0.2) is 0 Å². The van der Waals surface area contributed by atoms with Crippen molar-refractivity contribution in [3.63, 3.8) is 0 Å². The molecule has 6 nitrogen and oxygen atoms in total. The molecule has 1 atom stereocenters. The van der Waals surface area contributed by atoms with E-state index in [-0.39, 0.29) is 24.7 Å². The fraction of sp³-hybridized carbons (Fsp3) is 0.556. The topological polar surface area (TPSA) is 61.9 Å². The lowest BCUT2D eigenvalue weighted by atomic mass is 10.1. The van der Waals surface area contributed by atoms with Crippen LogP contribution in [0.5, 0.6) is 0 Å². The molecule has 0 bridgehead atoms. The molecule has 0 saturated carbocycles. The molecule has 6 heteroatoms. The molecule has 0 aliphatic carbocycles. The van der Waals surface area contributed by atoms with Crippen molar-refractivity contribution < 1.29 is 14.3 Å². The van der Waals surface area contributed by atoms with Gasteiger partial charge in [0.25, 0.3) is 0 Å². The summed E-state index contributed by atoms with van der Waals surface area (Å²) >= 11 is 0. The number of hydrogen-bond donors (Lipinski definition) is 1. The fourth-order valence-electron chi connectivity index (χ4n) is 2.86. The Labute approximate surface area is 143 Å². The summed E-state index contributed by atoms with van der Waals surface area (Å²) in [7, 11) is 4.04. The Morgan fingerprint density at radius 1 is 1.25 bits per heavy atom. The molecule has 1 fully saturated rings. The van der Waals surface area contributed by atoms with Crippen LogP contribution in [-0.2, 0) is 14.3 Å². The zero-order valence-electron chi connectivity index (χ0n) is 14.5. The Bertz CT molecular complexity index is 534. The SMILES string of the molecule is CN(C)C[C@H]1COCCN(C(=O)CCC(=O)Nc2ccccc2)C1. The number of nitrogens with zero attached hydrogens (tertiary/aromatic N) is 2. The van der Waals surface area contributed by atoms with Gasteiger partial charge in [-0.05, 0) is 26.2 Å². The van der Waals surface area contributed by atoms with E-state index in [9.17, 15) is 9.59 Å². The third-order valence-corrected chi connectivity index (χ3v) is 3.94. The fourth-order valence-corrected chi connectivity index (χ4v) is 2.86. The molecule has 0 aromatic heterocycles. The summed E-state index contributed by atoms with van der Waals surface area (Å²) in [6, 6.07) is 9.28. The number of para-hydroxylation sites is 1. The standard InChI is InChI=1S/C18H27N3O3/c1-20(2)12-15-13-21(10-11-24-14-15)18(23)9-8-17(22)19-16-6-4-3-5-7-16/h3-7,15H,8-14H2,1-2H3,(H,19,22)/t15-/m1/s1. The lowest BCUT2D eigenvalue weighted by Crippen LogP contribution is -2.38. The predicted molar refractivity (Wildman–Crippen MR) is 93.7 cm³/mol.